The summed E-state index contributed by atoms with van der Waals surface area (Å²) in [6, 6.07) is 22.6. The third-order valence-electron chi connectivity index (χ3n) is 4.97. The predicted octanol–water partition coefficient (Wildman–Crippen LogP) is 6.37. The van der Waals surface area contributed by atoms with E-state index < -0.39 is 0 Å². The van der Waals surface area contributed by atoms with E-state index in [9.17, 15) is 4.79 Å². The number of ether oxygens (including phenoxy) is 1. The van der Waals surface area contributed by atoms with Crippen molar-refractivity contribution in [1.29, 1.82) is 0 Å². The van der Waals surface area contributed by atoms with Crippen molar-refractivity contribution in [2.45, 2.75) is 32.8 Å². The zero-order valence-electron chi connectivity index (χ0n) is 16.6. The van der Waals surface area contributed by atoms with Gasteiger partial charge in [0.25, 0.3) is 0 Å². The largest absolute Gasteiger partial charge is 0.459 e. The quantitative estimate of drug-likeness (QED) is 0.352. The van der Waals surface area contributed by atoms with Gasteiger partial charge < -0.3 is 4.74 Å². The van der Waals surface area contributed by atoms with Gasteiger partial charge in [0.2, 0.25) is 0 Å². The van der Waals surface area contributed by atoms with Gasteiger partial charge in [-0.05, 0) is 27.8 Å². The molecule has 4 aromatic rings. The van der Waals surface area contributed by atoms with E-state index in [-0.39, 0.29) is 19.0 Å². The van der Waals surface area contributed by atoms with Crippen molar-refractivity contribution in [3.63, 3.8) is 0 Å². The number of thiazole rings is 1. The summed E-state index contributed by atoms with van der Waals surface area (Å²) in [4.78, 5) is 17.0. The zero-order chi connectivity index (χ0) is 20.2. The Morgan fingerprint density at radius 2 is 1.76 bits per heavy atom. The fourth-order valence-corrected chi connectivity index (χ4v) is 4.13. The topological polar surface area (TPSA) is 39.2 Å². The van der Waals surface area contributed by atoms with Crippen LogP contribution in [0.3, 0.4) is 0 Å². The summed E-state index contributed by atoms with van der Waals surface area (Å²) in [7, 11) is 0. The van der Waals surface area contributed by atoms with E-state index in [2.05, 4.69) is 55.2 Å². The molecule has 3 nitrogen and oxygen atoms in total. The van der Waals surface area contributed by atoms with E-state index in [0.717, 1.165) is 32.6 Å². The van der Waals surface area contributed by atoms with Gasteiger partial charge in [-0.15, -0.1) is 11.3 Å². The number of benzene rings is 3. The molecule has 0 aliphatic heterocycles. The summed E-state index contributed by atoms with van der Waals surface area (Å²) in [6.07, 6.45) is 0.259. The van der Waals surface area contributed by atoms with Crippen molar-refractivity contribution in [3.05, 3.63) is 88.9 Å². The van der Waals surface area contributed by atoms with Crippen molar-refractivity contribution in [3.8, 4) is 10.6 Å². The summed E-state index contributed by atoms with van der Waals surface area (Å²) in [5, 5.41) is 5.12. The van der Waals surface area contributed by atoms with Crippen LogP contribution in [-0.2, 0) is 22.6 Å². The Bertz CT molecular complexity index is 1120. The SMILES string of the molecule is CC(C)c1ccc(-c2nc(COC(=O)Cc3cccc4ccccc34)cs2)cc1. The molecule has 0 fully saturated rings. The van der Waals surface area contributed by atoms with Gasteiger partial charge in [-0.2, -0.15) is 0 Å². The first kappa shape index (κ1) is 19.3. The van der Waals surface area contributed by atoms with Gasteiger partial charge >= 0.3 is 5.97 Å². The lowest BCUT2D eigenvalue weighted by atomic mass is 10.0. The van der Waals surface area contributed by atoms with Crippen LogP contribution >= 0.6 is 11.3 Å². The second kappa shape index (κ2) is 8.58. The molecule has 4 heteroatoms. The number of carbonyl (C=O) groups is 1. The number of hydrogen-bond donors (Lipinski definition) is 0. The number of esters is 1. The number of carbonyl (C=O) groups excluding carboxylic acids is 1. The van der Waals surface area contributed by atoms with Crippen molar-refractivity contribution < 1.29 is 9.53 Å². The number of fused-ring (bicyclic) bond motifs is 1. The van der Waals surface area contributed by atoms with Crippen LogP contribution in [-0.4, -0.2) is 11.0 Å². The second-order valence-electron chi connectivity index (χ2n) is 7.40. The number of nitrogens with zero attached hydrogens (tertiary/aromatic N) is 1. The van der Waals surface area contributed by atoms with E-state index in [1.165, 1.54) is 5.56 Å². The van der Waals surface area contributed by atoms with Gasteiger partial charge in [0.05, 0.1) is 12.1 Å². The number of hydrogen-bond acceptors (Lipinski definition) is 4. The monoisotopic (exact) mass is 401 g/mol. The third-order valence-corrected chi connectivity index (χ3v) is 5.91. The molecule has 0 atom stereocenters. The molecule has 0 saturated carbocycles. The maximum Gasteiger partial charge on any atom is 0.310 e. The molecule has 3 aromatic carbocycles. The molecule has 0 unspecified atom stereocenters. The van der Waals surface area contributed by atoms with Gasteiger partial charge in [-0.1, -0.05) is 80.6 Å². The smallest absolute Gasteiger partial charge is 0.310 e. The molecule has 0 aliphatic carbocycles. The van der Waals surface area contributed by atoms with E-state index in [1.807, 2.05) is 35.7 Å². The highest BCUT2D eigenvalue weighted by atomic mass is 32.1. The summed E-state index contributed by atoms with van der Waals surface area (Å²) in [5.74, 6) is 0.272. The lowest BCUT2D eigenvalue weighted by Crippen LogP contribution is -2.08. The first-order valence-electron chi connectivity index (χ1n) is 9.77. The maximum absolute atomic E-state index is 12.4. The van der Waals surface area contributed by atoms with Gasteiger partial charge in [0.1, 0.15) is 11.6 Å². The van der Waals surface area contributed by atoms with Gasteiger partial charge in [0, 0.05) is 10.9 Å². The van der Waals surface area contributed by atoms with Crippen molar-refractivity contribution in [2.24, 2.45) is 0 Å². The Balaban J connectivity index is 1.38. The van der Waals surface area contributed by atoms with Crippen LogP contribution in [0.5, 0.6) is 0 Å². The summed E-state index contributed by atoms with van der Waals surface area (Å²) >= 11 is 1.57. The fraction of sp³-hybridized carbons (Fsp3) is 0.200. The minimum absolute atomic E-state index is 0.199. The molecule has 0 radical (unpaired) electrons. The molecular formula is C25H23NO2S. The normalized spacial score (nSPS) is 11.1. The zero-order valence-corrected chi connectivity index (χ0v) is 17.4. The van der Waals surface area contributed by atoms with Crippen molar-refractivity contribution in [1.82, 2.24) is 4.98 Å². The first-order valence-corrected chi connectivity index (χ1v) is 10.6. The van der Waals surface area contributed by atoms with Crippen LogP contribution in [0.1, 0.15) is 36.6 Å². The first-order chi connectivity index (χ1) is 14.1. The Hall–Kier alpha value is -2.98. The number of rotatable bonds is 6. The highest BCUT2D eigenvalue weighted by molar-refractivity contribution is 7.13. The Morgan fingerprint density at radius 3 is 2.55 bits per heavy atom. The highest BCUT2D eigenvalue weighted by Crippen LogP contribution is 2.26. The van der Waals surface area contributed by atoms with Crippen LogP contribution < -0.4 is 0 Å². The van der Waals surface area contributed by atoms with E-state index in [0.29, 0.717) is 5.92 Å². The molecule has 0 amide bonds. The molecule has 0 spiro atoms. The molecule has 0 bridgehead atoms. The van der Waals surface area contributed by atoms with Crippen molar-refractivity contribution >= 4 is 28.1 Å². The molecule has 4 rings (SSSR count). The summed E-state index contributed by atoms with van der Waals surface area (Å²) in [6.45, 7) is 4.57. The standard InChI is InChI=1S/C25H23NO2S/c1-17(2)18-10-12-20(13-11-18)25-26-22(16-29-25)15-28-24(27)14-21-8-5-7-19-6-3-4-9-23(19)21/h3-13,16-17H,14-15H2,1-2H3. The summed E-state index contributed by atoms with van der Waals surface area (Å²) < 4.78 is 5.49. The van der Waals surface area contributed by atoms with Crippen molar-refractivity contribution in [2.75, 3.05) is 0 Å². The minimum Gasteiger partial charge on any atom is -0.459 e. The van der Waals surface area contributed by atoms with Crippen LogP contribution in [0, 0.1) is 0 Å². The number of aromatic nitrogens is 1. The van der Waals surface area contributed by atoms with E-state index in [4.69, 9.17) is 4.74 Å². The fourth-order valence-electron chi connectivity index (χ4n) is 3.32. The molecule has 146 valence electrons. The Kier molecular flexibility index (Phi) is 5.72. The van der Waals surface area contributed by atoms with E-state index >= 15 is 0 Å². The average molecular weight is 402 g/mol. The molecular weight excluding hydrogens is 378 g/mol. The highest BCUT2D eigenvalue weighted by Gasteiger charge is 2.11. The van der Waals surface area contributed by atoms with E-state index in [1.54, 1.807) is 11.3 Å². The third kappa shape index (κ3) is 4.54. The van der Waals surface area contributed by atoms with Gasteiger partial charge in [-0.3, -0.25) is 4.79 Å². The Morgan fingerprint density at radius 1 is 1.00 bits per heavy atom. The van der Waals surface area contributed by atoms with Crippen LogP contribution in [0.2, 0.25) is 0 Å². The van der Waals surface area contributed by atoms with Crippen LogP contribution in [0.25, 0.3) is 21.3 Å². The average Bonchev–Trinajstić information content (AvgIpc) is 3.22. The molecule has 29 heavy (non-hydrogen) atoms. The molecule has 1 aromatic heterocycles. The molecule has 1 heterocycles. The summed E-state index contributed by atoms with van der Waals surface area (Å²) in [5.41, 5.74) is 4.17. The molecule has 0 aliphatic rings. The molecule has 0 saturated heterocycles. The Labute approximate surface area is 175 Å². The lowest BCUT2D eigenvalue weighted by molar-refractivity contribution is -0.144. The second-order valence-corrected chi connectivity index (χ2v) is 8.25. The predicted molar refractivity (Wildman–Crippen MR) is 119 cm³/mol. The minimum atomic E-state index is -0.239. The molecule has 0 N–H and O–H groups in total. The van der Waals surface area contributed by atoms with Gasteiger partial charge in [-0.25, -0.2) is 4.98 Å². The maximum atomic E-state index is 12.4. The lowest BCUT2D eigenvalue weighted by Gasteiger charge is -2.07. The van der Waals surface area contributed by atoms with Crippen LogP contribution in [0.4, 0.5) is 0 Å². The van der Waals surface area contributed by atoms with Gasteiger partial charge in [0.15, 0.2) is 0 Å². The van der Waals surface area contributed by atoms with Crippen LogP contribution in [0.15, 0.2) is 72.1 Å².